The highest BCUT2D eigenvalue weighted by Crippen LogP contribution is 2.40. The molecule has 0 saturated carbocycles. The summed E-state index contributed by atoms with van der Waals surface area (Å²) >= 11 is 4.92. The number of nitrogens with two attached hydrogens (primary N) is 1. The summed E-state index contributed by atoms with van der Waals surface area (Å²) < 4.78 is 6.01. The highest BCUT2D eigenvalue weighted by atomic mass is 32.1. The van der Waals surface area contributed by atoms with Crippen molar-refractivity contribution in [1.82, 2.24) is 0 Å². The van der Waals surface area contributed by atoms with Gasteiger partial charge in [0.25, 0.3) is 5.91 Å². The zero-order chi connectivity index (χ0) is 14.8. The number of nitrogens with zero attached hydrogens (tertiary/aromatic N) is 1. The largest absolute Gasteiger partial charge is 0.475 e. The molecule has 0 saturated heterocycles. The van der Waals surface area contributed by atoms with Crippen LogP contribution in [0.5, 0.6) is 5.75 Å². The summed E-state index contributed by atoms with van der Waals surface area (Å²) in [6.07, 6.45) is 1.79. The van der Waals surface area contributed by atoms with Crippen LogP contribution in [-0.2, 0) is 4.79 Å². The van der Waals surface area contributed by atoms with Gasteiger partial charge in [-0.3, -0.25) is 4.79 Å². The van der Waals surface area contributed by atoms with Gasteiger partial charge in [-0.2, -0.15) is 0 Å². The van der Waals surface area contributed by atoms with Gasteiger partial charge in [0, 0.05) is 13.0 Å². The molecule has 0 aromatic heterocycles. The van der Waals surface area contributed by atoms with Gasteiger partial charge in [-0.1, -0.05) is 38.2 Å². The standard InChI is InChI=1S/C15H20N2O2S/c1-3-15(4-2)14(18)17(10-9-13(16)20)11-7-5-6-8-12(11)19-15/h5-8H,3-4,9-10H2,1-2H3,(H2,16,20). The van der Waals surface area contributed by atoms with Crippen molar-refractivity contribution in [3.05, 3.63) is 24.3 Å². The fourth-order valence-electron chi connectivity index (χ4n) is 2.52. The minimum atomic E-state index is -0.773. The Morgan fingerprint density at radius 3 is 2.60 bits per heavy atom. The van der Waals surface area contributed by atoms with Gasteiger partial charge >= 0.3 is 0 Å². The molecule has 1 amide bonds. The second-order valence-corrected chi connectivity index (χ2v) is 5.47. The van der Waals surface area contributed by atoms with Crippen molar-refractivity contribution >= 4 is 28.8 Å². The Labute approximate surface area is 124 Å². The first-order valence-corrected chi connectivity index (χ1v) is 7.33. The molecule has 0 fully saturated rings. The van der Waals surface area contributed by atoms with Crippen LogP contribution in [0.4, 0.5) is 5.69 Å². The molecule has 0 bridgehead atoms. The third-order valence-electron chi connectivity index (χ3n) is 3.82. The van der Waals surface area contributed by atoms with Gasteiger partial charge in [-0.25, -0.2) is 0 Å². The van der Waals surface area contributed by atoms with Crippen molar-refractivity contribution in [2.45, 2.75) is 38.7 Å². The zero-order valence-corrected chi connectivity index (χ0v) is 12.7. The van der Waals surface area contributed by atoms with E-state index >= 15 is 0 Å². The maximum absolute atomic E-state index is 12.8. The number of hydrogen-bond donors (Lipinski definition) is 1. The van der Waals surface area contributed by atoms with Crippen LogP contribution in [-0.4, -0.2) is 23.0 Å². The van der Waals surface area contributed by atoms with Crippen LogP contribution in [0.15, 0.2) is 24.3 Å². The molecule has 0 radical (unpaired) electrons. The van der Waals surface area contributed by atoms with E-state index < -0.39 is 5.60 Å². The zero-order valence-electron chi connectivity index (χ0n) is 11.9. The van der Waals surface area contributed by atoms with Gasteiger partial charge in [-0.15, -0.1) is 0 Å². The van der Waals surface area contributed by atoms with E-state index in [2.05, 4.69) is 0 Å². The highest BCUT2D eigenvalue weighted by molar-refractivity contribution is 7.80. The molecule has 1 heterocycles. The lowest BCUT2D eigenvalue weighted by atomic mass is 9.92. The van der Waals surface area contributed by atoms with Crippen LogP contribution in [0.2, 0.25) is 0 Å². The fourth-order valence-corrected chi connectivity index (χ4v) is 2.61. The van der Waals surface area contributed by atoms with Gasteiger partial charge in [0.05, 0.1) is 10.7 Å². The van der Waals surface area contributed by atoms with E-state index in [0.29, 0.717) is 30.8 Å². The molecule has 0 atom stereocenters. The Morgan fingerprint density at radius 2 is 2.00 bits per heavy atom. The number of hydrogen-bond acceptors (Lipinski definition) is 3. The van der Waals surface area contributed by atoms with Crippen molar-refractivity contribution in [2.75, 3.05) is 11.4 Å². The number of rotatable bonds is 5. The summed E-state index contributed by atoms with van der Waals surface area (Å²) in [6, 6.07) is 7.60. The van der Waals surface area contributed by atoms with Gasteiger partial charge in [-0.05, 0) is 25.0 Å². The molecular formula is C15H20N2O2S. The number of para-hydroxylation sites is 2. The second-order valence-electron chi connectivity index (χ2n) is 4.94. The van der Waals surface area contributed by atoms with Crippen molar-refractivity contribution in [2.24, 2.45) is 5.73 Å². The maximum Gasteiger partial charge on any atom is 0.271 e. The van der Waals surface area contributed by atoms with E-state index in [1.165, 1.54) is 0 Å². The number of anilines is 1. The lowest BCUT2D eigenvalue weighted by Crippen LogP contribution is -2.56. The molecule has 2 rings (SSSR count). The van der Waals surface area contributed by atoms with E-state index in [0.717, 1.165) is 11.4 Å². The van der Waals surface area contributed by atoms with Gasteiger partial charge in [0.15, 0.2) is 5.60 Å². The minimum Gasteiger partial charge on any atom is -0.475 e. The van der Waals surface area contributed by atoms with Crippen LogP contribution < -0.4 is 15.4 Å². The maximum atomic E-state index is 12.8. The quantitative estimate of drug-likeness (QED) is 0.848. The first-order chi connectivity index (χ1) is 9.54. The Bertz CT molecular complexity index is 526. The number of carbonyl (C=O) groups excluding carboxylic acids is 1. The average Bonchev–Trinajstić information content (AvgIpc) is 2.45. The lowest BCUT2D eigenvalue weighted by molar-refractivity contribution is -0.136. The van der Waals surface area contributed by atoms with E-state index in [1.54, 1.807) is 4.90 Å². The minimum absolute atomic E-state index is 0.00236. The van der Waals surface area contributed by atoms with Crippen LogP contribution in [0.3, 0.4) is 0 Å². The number of thiocarbonyl (C=S) groups is 1. The molecular weight excluding hydrogens is 272 g/mol. The summed E-state index contributed by atoms with van der Waals surface area (Å²) in [6.45, 7) is 4.44. The average molecular weight is 292 g/mol. The smallest absolute Gasteiger partial charge is 0.271 e. The Hall–Kier alpha value is -1.62. The SMILES string of the molecule is CCC1(CC)Oc2ccccc2N(CCC(N)=S)C1=O. The van der Waals surface area contributed by atoms with Gasteiger partial charge in [0.2, 0.25) is 0 Å². The number of amides is 1. The number of fused-ring (bicyclic) bond motifs is 1. The van der Waals surface area contributed by atoms with E-state index in [1.807, 2.05) is 38.1 Å². The second kappa shape index (κ2) is 5.79. The molecule has 0 aliphatic carbocycles. The molecule has 1 aliphatic heterocycles. The third-order valence-corrected chi connectivity index (χ3v) is 4.02. The monoisotopic (exact) mass is 292 g/mol. The summed E-state index contributed by atoms with van der Waals surface area (Å²) in [4.78, 5) is 15.0. The van der Waals surface area contributed by atoms with Crippen LogP contribution in [0.1, 0.15) is 33.1 Å². The molecule has 0 spiro atoms. The molecule has 0 unspecified atom stereocenters. The molecule has 108 valence electrons. The molecule has 1 aromatic carbocycles. The van der Waals surface area contributed by atoms with Crippen molar-refractivity contribution in [3.63, 3.8) is 0 Å². The van der Waals surface area contributed by atoms with E-state index in [4.69, 9.17) is 22.7 Å². The summed E-state index contributed by atoms with van der Waals surface area (Å²) in [7, 11) is 0. The number of benzene rings is 1. The number of carbonyl (C=O) groups is 1. The Kier molecular flexibility index (Phi) is 4.28. The van der Waals surface area contributed by atoms with Gasteiger partial charge in [0.1, 0.15) is 5.75 Å². The normalized spacial score (nSPS) is 16.5. The first kappa shape index (κ1) is 14.8. The Balaban J connectivity index is 2.41. The Morgan fingerprint density at radius 1 is 1.35 bits per heavy atom. The topological polar surface area (TPSA) is 55.6 Å². The molecule has 5 heteroatoms. The third kappa shape index (κ3) is 2.50. The van der Waals surface area contributed by atoms with Crippen LogP contribution in [0, 0.1) is 0 Å². The summed E-state index contributed by atoms with van der Waals surface area (Å²) in [5, 5.41) is 0. The highest BCUT2D eigenvalue weighted by Gasteiger charge is 2.45. The predicted molar refractivity (Wildman–Crippen MR) is 84.1 cm³/mol. The number of ether oxygens (including phenoxy) is 1. The predicted octanol–water partition coefficient (Wildman–Crippen LogP) is 2.65. The molecule has 1 aromatic rings. The van der Waals surface area contributed by atoms with E-state index in [-0.39, 0.29) is 5.91 Å². The van der Waals surface area contributed by atoms with Crippen molar-refractivity contribution in [1.29, 1.82) is 0 Å². The van der Waals surface area contributed by atoms with Crippen molar-refractivity contribution in [3.8, 4) is 5.75 Å². The van der Waals surface area contributed by atoms with Crippen LogP contribution in [0.25, 0.3) is 0 Å². The van der Waals surface area contributed by atoms with Crippen LogP contribution >= 0.6 is 12.2 Å². The molecule has 2 N–H and O–H groups in total. The van der Waals surface area contributed by atoms with E-state index in [9.17, 15) is 4.79 Å². The van der Waals surface area contributed by atoms with Gasteiger partial charge < -0.3 is 15.4 Å². The summed E-state index contributed by atoms with van der Waals surface area (Å²) in [5.74, 6) is 0.746. The lowest BCUT2D eigenvalue weighted by Gasteiger charge is -2.42. The molecule has 1 aliphatic rings. The first-order valence-electron chi connectivity index (χ1n) is 6.92. The summed E-state index contributed by atoms with van der Waals surface area (Å²) in [5.41, 5.74) is 5.59. The molecule has 20 heavy (non-hydrogen) atoms. The van der Waals surface area contributed by atoms with Crippen molar-refractivity contribution < 1.29 is 9.53 Å². The molecule has 4 nitrogen and oxygen atoms in total. The fraction of sp³-hybridized carbons (Fsp3) is 0.467.